The van der Waals surface area contributed by atoms with Gasteiger partial charge in [-0.3, -0.25) is 9.52 Å². The van der Waals surface area contributed by atoms with Gasteiger partial charge in [0.1, 0.15) is 0 Å². The van der Waals surface area contributed by atoms with E-state index in [-0.39, 0.29) is 5.91 Å². The minimum atomic E-state index is -3.33. The molecule has 0 radical (unpaired) electrons. The average molecular weight is 339 g/mol. The van der Waals surface area contributed by atoms with Gasteiger partial charge < -0.3 is 5.32 Å². The van der Waals surface area contributed by atoms with Crippen LogP contribution >= 0.6 is 11.6 Å². The van der Waals surface area contributed by atoms with Crippen molar-refractivity contribution in [3.05, 3.63) is 58.6 Å². The summed E-state index contributed by atoms with van der Waals surface area (Å²) in [4.78, 5) is 12.2. The summed E-state index contributed by atoms with van der Waals surface area (Å²) in [6, 6.07) is 11.4. The third kappa shape index (κ3) is 4.22. The van der Waals surface area contributed by atoms with E-state index >= 15 is 0 Å². The molecule has 0 heterocycles. The highest BCUT2D eigenvalue weighted by molar-refractivity contribution is 7.92. The predicted octanol–water partition coefficient (Wildman–Crippen LogP) is 3.27. The number of sulfonamides is 1. The normalized spacial score (nSPS) is 11.0. The highest BCUT2D eigenvalue weighted by Crippen LogP contribution is 2.23. The van der Waals surface area contributed by atoms with Gasteiger partial charge in [0, 0.05) is 22.0 Å². The molecule has 22 heavy (non-hydrogen) atoms. The molecule has 5 nitrogen and oxygen atoms in total. The van der Waals surface area contributed by atoms with Gasteiger partial charge in [0.15, 0.2) is 0 Å². The topological polar surface area (TPSA) is 75.3 Å². The van der Waals surface area contributed by atoms with E-state index in [0.717, 1.165) is 11.8 Å². The Labute approximate surface area is 134 Å². The minimum Gasteiger partial charge on any atom is -0.322 e. The fourth-order valence-corrected chi connectivity index (χ4v) is 2.58. The molecular weight excluding hydrogens is 324 g/mol. The molecule has 116 valence electrons. The van der Waals surface area contributed by atoms with Crippen LogP contribution in [0, 0.1) is 6.92 Å². The number of benzene rings is 2. The largest absolute Gasteiger partial charge is 0.322 e. The number of hydrogen-bond donors (Lipinski definition) is 2. The highest BCUT2D eigenvalue weighted by atomic mass is 35.5. The Kier molecular flexibility index (Phi) is 4.73. The van der Waals surface area contributed by atoms with Gasteiger partial charge in [-0.15, -0.1) is 0 Å². The van der Waals surface area contributed by atoms with Gasteiger partial charge in [0.05, 0.1) is 6.26 Å². The molecule has 2 rings (SSSR count). The molecule has 7 heteroatoms. The fourth-order valence-electron chi connectivity index (χ4n) is 1.84. The van der Waals surface area contributed by atoms with Gasteiger partial charge >= 0.3 is 0 Å². The van der Waals surface area contributed by atoms with E-state index in [1.165, 1.54) is 12.1 Å². The Hall–Kier alpha value is -2.05. The van der Waals surface area contributed by atoms with Gasteiger partial charge in [0.25, 0.3) is 5.91 Å². The maximum Gasteiger partial charge on any atom is 0.255 e. The quantitative estimate of drug-likeness (QED) is 0.898. The Morgan fingerprint density at radius 3 is 2.32 bits per heavy atom. The molecule has 2 aromatic rings. The van der Waals surface area contributed by atoms with Crippen molar-refractivity contribution in [2.24, 2.45) is 0 Å². The maximum absolute atomic E-state index is 12.2. The van der Waals surface area contributed by atoms with E-state index in [0.29, 0.717) is 22.0 Å². The Balaban J connectivity index is 2.15. The van der Waals surface area contributed by atoms with E-state index in [9.17, 15) is 13.2 Å². The molecular formula is C15H15ClN2O3S. The van der Waals surface area contributed by atoms with Crippen LogP contribution in [0.3, 0.4) is 0 Å². The van der Waals surface area contributed by atoms with Crippen molar-refractivity contribution in [2.45, 2.75) is 6.92 Å². The molecule has 2 aromatic carbocycles. The molecule has 0 atom stereocenters. The lowest BCUT2D eigenvalue weighted by Gasteiger charge is -2.10. The third-order valence-electron chi connectivity index (χ3n) is 2.97. The Bertz CT molecular complexity index is 802. The summed E-state index contributed by atoms with van der Waals surface area (Å²) in [5, 5.41) is 3.35. The van der Waals surface area contributed by atoms with Crippen LogP contribution in [0.5, 0.6) is 0 Å². The SMILES string of the molecule is Cc1c(Cl)cccc1NC(=O)c1ccc(NS(C)(=O)=O)cc1. The molecule has 0 spiro atoms. The Morgan fingerprint density at radius 2 is 1.73 bits per heavy atom. The van der Waals surface area contributed by atoms with Crippen LogP contribution in [0.25, 0.3) is 0 Å². The molecule has 0 aliphatic heterocycles. The average Bonchev–Trinajstić information content (AvgIpc) is 2.43. The molecule has 0 saturated carbocycles. The van der Waals surface area contributed by atoms with Crippen molar-refractivity contribution in [2.75, 3.05) is 16.3 Å². The summed E-state index contributed by atoms with van der Waals surface area (Å²) in [6.07, 6.45) is 1.07. The van der Waals surface area contributed by atoms with E-state index in [4.69, 9.17) is 11.6 Å². The van der Waals surface area contributed by atoms with Gasteiger partial charge in [0.2, 0.25) is 10.0 Å². The zero-order valence-electron chi connectivity index (χ0n) is 12.1. The second kappa shape index (κ2) is 6.37. The monoisotopic (exact) mass is 338 g/mol. The molecule has 0 unspecified atom stereocenters. The first-order valence-electron chi connectivity index (χ1n) is 6.40. The molecule has 2 N–H and O–H groups in total. The van der Waals surface area contributed by atoms with Gasteiger partial charge in [-0.05, 0) is 48.9 Å². The lowest BCUT2D eigenvalue weighted by molar-refractivity contribution is 0.102. The van der Waals surface area contributed by atoms with Crippen molar-refractivity contribution < 1.29 is 13.2 Å². The minimum absolute atomic E-state index is 0.295. The van der Waals surface area contributed by atoms with Crippen LogP contribution in [-0.2, 0) is 10.0 Å². The highest BCUT2D eigenvalue weighted by Gasteiger charge is 2.09. The number of halogens is 1. The summed E-state index contributed by atoms with van der Waals surface area (Å²) < 4.78 is 24.6. The molecule has 0 aliphatic rings. The zero-order chi connectivity index (χ0) is 16.3. The van der Waals surface area contributed by atoms with Gasteiger partial charge in [-0.25, -0.2) is 8.42 Å². The summed E-state index contributed by atoms with van der Waals surface area (Å²) in [6.45, 7) is 1.82. The molecule has 0 bridgehead atoms. The maximum atomic E-state index is 12.2. The first kappa shape index (κ1) is 16.3. The molecule has 0 saturated heterocycles. The first-order valence-corrected chi connectivity index (χ1v) is 8.67. The molecule has 0 aliphatic carbocycles. The van der Waals surface area contributed by atoms with Gasteiger partial charge in [-0.1, -0.05) is 17.7 Å². The van der Waals surface area contributed by atoms with Crippen LogP contribution in [0.4, 0.5) is 11.4 Å². The van der Waals surface area contributed by atoms with Crippen LogP contribution in [0.2, 0.25) is 5.02 Å². The number of nitrogens with one attached hydrogen (secondary N) is 2. The summed E-state index contributed by atoms with van der Waals surface area (Å²) in [5.74, 6) is -0.295. The van der Waals surface area contributed by atoms with Crippen molar-refractivity contribution in [1.82, 2.24) is 0 Å². The van der Waals surface area contributed by atoms with Crippen LogP contribution in [0.1, 0.15) is 15.9 Å². The summed E-state index contributed by atoms with van der Waals surface area (Å²) in [5.41, 5.74) is 2.24. The van der Waals surface area contributed by atoms with Crippen LogP contribution in [0.15, 0.2) is 42.5 Å². The van der Waals surface area contributed by atoms with E-state index < -0.39 is 10.0 Å². The van der Waals surface area contributed by atoms with Crippen molar-refractivity contribution in [3.8, 4) is 0 Å². The summed E-state index contributed by atoms with van der Waals surface area (Å²) >= 11 is 6.01. The first-order chi connectivity index (χ1) is 10.3. The lowest BCUT2D eigenvalue weighted by Crippen LogP contribution is -2.13. The predicted molar refractivity (Wildman–Crippen MR) is 89.1 cm³/mol. The standard InChI is InChI=1S/C15H15ClN2O3S/c1-10-13(16)4-3-5-14(10)17-15(19)11-6-8-12(9-7-11)18-22(2,20)21/h3-9,18H,1-2H3,(H,17,19). The second-order valence-electron chi connectivity index (χ2n) is 4.82. The van der Waals surface area contributed by atoms with E-state index in [1.807, 2.05) is 6.92 Å². The van der Waals surface area contributed by atoms with Crippen LogP contribution in [-0.4, -0.2) is 20.6 Å². The van der Waals surface area contributed by atoms with Crippen molar-refractivity contribution in [1.29, 1.82) is 0 Å². The zero-order valence-corrected chi connectivity index (χ0v) is 13.6. The fraction of sp³-hybridized carbons (Fsp3) is 0.133. The number of rotatable bonds is 4. The second-order valence-corrected chi connectivity index (χ2v) is 6.97. The lowest BCUT2D eigenvalue weighted by atomic mass is 10.1. The van der Waals surface area contributed by atoms with E-state index in [1.54, 1.807) is 30.3 Å². The number of carbonyl (C=O) groups excluding carboxylic acids is 1. The third-order valence-corrected chi connectivity index (χ3v) is 3.98. The summed E-state index contributed by atoms with van der Waals surface area (Å²) in [7, 11) is -3.33. The van der Waals surface area contributed by atoms with Crippen LogP contribution < -0.4 is 10.0 Å². The molecule has 0 fully saturated rings. The Morgan fingerprint density at radius 1 is 1.09 bits per heavy atom. The van der Waals surface area contributed by atoms with E-state index in [2.05, 4.69) is 10.0 Å². The van der Waals surface area contributed by atoms with Crippen molar-refractivity contribution in [3.63, 3.8) is 0 Å². The van der Waals surface area contributed by atoms with Gasteiger partial charge in [-0.2, -0.15) is 0 Å². The smallest absolute Gasteiger partial charge is 0.255 e. The molecule has 0 aromatic heterocycles. The van der Waals surface area contributed by atoms with Crippen molar-refractivity contribution >= 4 is 38.9 Å². The molecule has 1 amide bonds. The number of carbonyl (C=O) groups is 1. The number of anilines is 2. The number of hydrogen-bond acceptors (Lipinski definition) is 3. The number of amides is 1.